The van der Waals surface area contributed by atoms with E-state index >= 15 is 0 Å². The van der Waals surface area contributed by atoms with Crippen molar-refractivity contribution in [3.8, 4) is 11.5 Å². The van der Waals surface area contributed by atoms with Gasteiger partial charge in [0.25, 0.3) is 0 Å². The number of benzene rings is 2. The SMILES string of the molecule is COC(=O)CCSc1cnc(Nc2nc(CCc3ccccc3)cs2)c(Oc2ccccc2)c1. The summed E-state index contributed by atoms with van der Waals surface area (Å²) in [7, 11) is 1.40. The second kappa shape index (κ2) is 12.2. The highest BCUT2D eigenvalue weighted by Crippen LogP contribution is 2.34. The number of thiazole rings is 1. The lowest BCUT2D eigenvalue weighted by molar-refractivity contribution is -0.140. The molecule has 0 radical (unpaired) electrons. The number of carbonyl (C=O) groups is 1. The molecule has 0 atom stereocenters. The third-order valence-electron chi connectivity index (χ3n) is 4.89. The summed E-state index contributed by atoms with van der Waals surface area (Å²) < 4.78 is 10.8. The number of aryl methyl sites for hydroxylation is 2. The van der Waals surface area contributed by atoms with Crippen LogP contribution < -0.4 is 10.1 Å². The number of pyridine rings is 1. The number of methoxy groups -OCH3 is 1. The van der Waals surface area contributed by atoms with Gasteiger partial charge in [0.2, 0.25) is 0 Å². The Balaban J connectivity index is 1.46. The zero-order valence-electron chi connectivity index (χ0n) is 18.8. The summed E-state index contributed by atoms with van der Waals surface area (Å²) in [6.45, 7) is 0. The van der Waals surface area contributed by atoms with E-state index in [4.69, 9.17) is 14.5 Å². The molecule has 0 spiro atoms. The summed E-state index contributed by atoms with van der Waals surface area (Å²) in [5.74, 6) is 2.27. The van der Waals surface area contributed by atoms with Crippen molar-refractivity contribution in [3.63, 3.8) is 0 Å². The van der Waals surface area contributed by atoms with E-state index in [2.05, 4.69) is 39.9 Å². The predicted octanol–water partition coefficient (Wildman–Crippen LogP) is 6.51. The molecule has 6 nitrogen and oxygen atoms in total. The Morgan fingerprint density at radius 1 is 1.06 bits per heavy atom. The summed E-state index contributed by atoms with van der Waals surface area (Å²) >= 11 is 3.07. The van der Waals surface area contributed by atoms with Crippen LogP contribution in [0.2, 0.25) is 0 Å². The number of carbonyl (C=O) groups excluding carboxylic acids is 1. The Morgan fingerprint density at radius 3 is 2.59 bits per heavy atom. The second-order valence-corrected chi connectivity index (χ2v) is 9.39. The fraction of sp³-hybridized carbons (Fsp3) is 0.192. The Bertz CT molecular complexity index is 1200. The predicted molar refractivity (Wildman–Crippen MR) is 137 cm³/mol. The lowest BCUT2D eigenvalue weighted by Crippen LogP contribution is -2.01. The van der Waals surface area contributed by atoms with Gasteiger partial charge in [-0.05, 0) is 36.6 Å². The van der Waals surface area contributed by atoms with Crippen molar-refractivity contribution in [2.24, 2.45) is 0 Å². The van der Waals surface area contributed by atoms with E-state index in [1.807, 2.05) is 42.5 Å². The molecule has 0 saturated heterocycles. The smallest absolute Gasteiger partial charge is 0.306 e. The van der Waals surface area contributed by atoms with Crippen molar-refractivity contribution in [2.45, 2.75) is 24.2 Å². The number of hydrogen-bond donors (Lipinski definition) is 1. The number of thioether (sulfide) groups is 1. The minimum atomic E-state index is -0.230. The van der Waals surface area contributed by atoms with Crippen molar-refractivity contribution in [3.05, 3.63) is 89.6 Å². The van der Waals surface area contributed by atoms with E-state index in [1.54, 1.807) is 17.5 Å². The summed E-state index contributed by atoms with van der Waals surface area (Å²) in [5, 5.41) is 6.14. The molecule has 8 heteroatoms. The first-order chi connectivity index (χ1) is 16.7. The van der Waals surface area contributed by atoms with Crippen LogP contribution >= 0.6 is 23.1 Å². The van der Waals surface area contributed by atoms with Crippen LogP contribution in [0.25, 0.3) is 0 Å². The fourth-order valence-electron chi connectivity index (χ4n) is 3.14. The molecular formula is C26H25N3O3S2. The maximum Gasteiger partial charge on any atom is 0.306 e. The van der Waals surface area contributed by atoms with E-state index in [-0.39, 0.29) is 5.97 Å². The van der Waals surface area contributed by atoms with Gasteiger partial charge in [-0.3, -0.25) is 4.79 Å². The van der Waals surface area contributed by atoms with Gasteiger partial charge < -0.3 is 14.8 Å². The number of esters is 1. The summed E-state index contributed by atoms with van der Waals surface area (Å²) in [5.41, 5.74) is 2.34. The topological polar surface area (TPSA) is 73.3 Å². The van der Waals surface area contributed by atoms with Crippen LogP contribution in [0.15, 0.2) is 83.2 Å². The van der Waals surface area contributed by atoms with Gasteiger partial charge >= 0.3 is 5.97 Å². The van der Waals surface area contributed by atoms with Crippen LogP contribution in [0.5, 0.6) is 11.5 Å². The van der Waals surface area contributed by atoms with Gasteiger partial charge in [0.05, 0.1) is 19.2 Å². The molecule has 0 saturated carbocycles. The first-order valence-electron chi connectivity index (χ1n) is 10.9. The van der Waals surface area contributed by atoms with E-state index in [0.29, 0.717) is 29.5 Å². The highest BCUT2D eigenvalue weighted by Gasteiger charge is 2.12. The molecule has 0 bridgehead atoms. The molecule has 34 heavy (non-hydrogen) atoms. The van der Waals surface area contributed by atoms with E-state index in [1.165, 1.54) is 24.4 Å². The molecule has 0 amide bonds. The molecule has 4 rings (SSSR count). The number of aromatic nitrogens is 2. The second-order valence-electron chi connectivity index (χ2n) is 7.36. The van der Waals surface area contributed by atoms with Gasteiger partial charge in [0.1, 0.15) is 5.75 Å². The molecule has 0 aliphatic rings. The van der Waals surface area contributed by atoms with Crippen LogP contribution in [-0.4, -0.2) is 28.8 Å². The molecular weight excluding hydrogens is 466 g/mol. The zero-order valence-corrected chi connectivity index (χ0v) is 20.4. The highest BCUT2D eigenvalue weighted by atomic mass is 32.2. The first-order valence-corrected chi connectivity index (χ1v) is 12.7. The van der Waals surface area contributed by atoms with Crippen LogP contribution in [0.1, 0.15) is 17.7 Å². The van der Waals surface area contributed by atoms with E-state index in [0.717, 1.165) is 28.6 Å². The number of rotatable bonds is 11. The van der Waals surface area contributed by atoms with Crippen molar-refractivity contribution in [1.82, 2.24) is 9.97 Å². The quantitative estimate of drug-likeness (QED) is 0.189. The molecule has 2 aromatic carbocycles. The molecule has 2 heterocycles. The minimum Gasteiger partial charge on any atom is -0.469 e. The molecule has 1 N–H and O–H groups in total. The molecule has 174 valence electrons. The lowest BCUT2D eigenvalue weighted by atomic mass is 10.1. The molecule has 0 aliphatic carbocycles. The van der Waals surface area contributed by atoms with Gasteiger partial charge in [0, 0.05) is 22.2 Å². The standard InChI is InChI=1S/C26H25N3O3S2/c1-31-24(30)14-15-33-22-16-23(32-21-10-6-3-7-11-21)25(27-17-22)29-26-28-20(18-34-26)13-12-19-8-4-2-5-9-19/h2-11,16-18H,12-15H2,1H3,(H,27,28,29). The monoisotopic (exact) mass is 491 g/mol. The number of nitrogens with zero attached hydrogens (tertiary/aromatic N) is 2. The third-order valence-corrected chi connectivity index (χ3v) is 6.66. The Labute approximate surface area is 207 Å². The Kier molecular flexibility index (Phi) is 8.54. The minimum absolute atomic E-state index is 0.230. The van der Waals surface area contributed by atoms with Crippen LogP contribution in [-0.2, 0) is 22.4 Å². The van der Waals surface area contributed by atoms with E-state index < -0.39 is 0 Å². The van der Waals surface area contributed by atoms with Crippen LogP contribution in [0.4, 0.5) is 10.9 Å². The van der Waals surface area contributed by atoms with Crippen molar-refractivity contribution in [1.29, 1.82) is 0 Å². The van der Waals surface area contributed by atoms with Gasteiger partial charge in [-0.15, -0.1) is 23.1 Å². The molecule has 0 unspecified atom stereocenters. The van der Waals surface area contributed by atoms with Crippen LogP contribution in [0.3, 0.4) is 0 Å². The highest BCUT2D eigenvalue weighted by molar-refractivity contribution is 7.99. The molecule has 2 aromatic heterocycles. The maximum atomic E-state index is 11.4. The number of hydrogen-bond acceptors (Lipinski definition) is 8. The number of anilines is 2. The van der Waals surface area contributed by atoms with E-state index in [9.17, 15) is 4.79 Å². The van der Waals surface area contributed by atoms with Crippen molar-refractivity contribution in [2.75, 3.05) is 18.2 Å². The largest absolute Gasteiger partial charge is 0.469 e. The van der Waals surface area contributed by atoms with Gasteiger partial charge in [-0.25, -0.2) is 9.97 Å². The number of para-hydroxylation sites is 1. The van der Waals surface area contributed by atoms with Crippen LogP contribution in [0, 0.1) is 0 Å². The average Bonchev–Trinajstić information content (AvgIpc) is 3.33. The summed E-state index contributed by atoms with van der Waals surface area (Å²) in [6.07, 6.45) is 3.92. The maximum absolute atomic E-state index is 11.4. The molecule has 0 aliphatic heterocycles. The Morgan fingerprint density at radius 2 is 1.82 bits per heavy atom. The van der Waals surface area contributed by atoms with Crippen molar-refractivity contribution >= 4 is 40.0 Å². The number of ether oxygens (including phenoxy) is 2. The average molecular weight is 492 g/mol. The first kappa shape index (κ1) is 23.8. The van der Waals surface area contributed by atoms with Gasteiger partial charge in [0.15, 0.2) is 16.7 Å². The fourth-order valence-corrected chi connectivity index (χ4v) is 4.71. The lowest BCUT2D eigenvalue weighted by Gasteiger charge is -2.12. The third kappa shape index (κ3) is 7.07. The molecule has 4 aromatic rings. The van der Waals surface area contributed by atoms with Gasteiger partial charge in [-0.2, -0.15) is 0 Å². The van der Waals surface area contributed by atoms with Gasteiger partial charge in [-0.1, -0.05) is 48.5 Å². The number of nitrogens with one attached hydrogen (secondary N) is 1. The summed E-state index contributed by atoms with van der Waals surface area (Å²) in [4.78, 5) is 21.6. The normalized spacial score (nSPS) is 10.6. The zero-order chi connectivity index (χ0) is 23.6. The molecule has 0 fully saturated rings. The van der Waals surface area contributed by atoms with Crippen molar-refractivity contribution < 1.29 is 14.3 Å². The Hall–Kier alpha value is -3.36. The summed E-state index contributed by atoms with van der Waals surface area (Å²) in [6, 6.07) is 21.9.